The van der Waals surface area contributed by atoms with Crippen LogP contribution in [0.4, 0.5) is 5.82 Å². The Kier molecular flexibility index (Phi) is 5.92. The van der Waals surface area contributed by atoms with Gasteiger partial charge >= 0.3 is 5.97 Å². The number of piperidine rings is 1. The van der Waals surface area contributed by atoms with E-state index in [4.69, 9.17) is 9.72 Å². The molecule has 1 saturated heterocycles. The van der Waals surface area contributed by atoms with Crippen molar-refractivity contribution in [1.29, 1.82) is 0 Å². The van der Waals surface area contributed by atoms with Crippen LogP contribution in [0.1, 0.15) is 30.9 Å². The molecule has 0 N–H and O–H groups in total. The van der Waals surface area contributed by atoms with Gasteiger partial charge in [0.1, 0.15) is 5.82 Å². The summed E-state index contributed by atoms with van der Waals surface area (Å²) in [6.45, 7) is 7.09. The van der Waals surface area contributed by atoms with Crippen LogP contribution in [0.15, 0.2) is 52.4 Å². The van der Waals surface area contributed by atoms with Gasteiger partial charge in [0.05, 0.1) is 22.9 Å². The number of anilines is 1. The monoisotopic (exact) mass is 493 g/mol. The topological polar surface area (TPSA) is 107 Å². The van der Waals surface area contributed by atoms with Gasteiger partial charge in [-0.25, -0.2) is 13.4 Å². The normalized spacial score (nSPS) is 16.7. The zero-order valence-electron chi connectivity index (χ0n) is 19.9. The summed E-state index contributed by atoms with van der Waals surface area (Å²) >= 11 is 0. The minimum atomic E-state index is -3.96. The van der Waals surface area contributed by atoms with Crippen LogP contribution in [0.25, 0.3) is 16.6 Å². The molecule has 1 fully saturated rings. The second-order valence-corrected chi connectivity index (χ2v) is 10.7. The largest absolute Gasteiger partial charge is 0.466 e. The van der Waals surface area contributed by atoms with Crippen LogP contribution in [-0.2, 0) is 19.4 Å². The zero-order valence-corrected chi connectivity index (χ0v) is 20.7. The van der Waals surface area contributed by atoms with Crippen LogP contribution in [0.5, 0.6) is 0 Å². The fraction of sp³-hybridized carbons (Fsp3) is 0.360. The molecule has 2 aromatic heterocycles. The first-order valence-corrected chi connectivity index (χ1v) is 13.2. The molecule has 35 heavy (non-hydrogen) atoms. The van der Waals surface area contributed by atoms with Gasteiger partial charge in [0.25, 0.3) is 0 Å². The van der Waals surface area contributed by atoms with Crippen molar-refractivity contribution in [1.82, 2.24) is 19.8 Å². The summed E-state index contributed by atoms with van der Waals surface area (Å²) in [4.78, 5) is 19.4. The number of sulfone groups is 1. The van der Waals surface area contributed by atoms with E-state index >= 15 is 0 Å². The molecular formula is C25H27N5O4S. The van der Waals surface area contributed by atoms with Gasteiger partial charge in [0, 0.05) is 18.5 Å². The van der Waals surface area contributed by atoms with Crippen molar-refractivity contribution in [2.45, 2.75) is 43.5 Å². The van der Waals surface area contributed by atoms with Crippen LogP contribution >= 0.6 is 0 Å². The van der Waals surface area contributed by atoms with Crippen molar-refractivity contribution in [3.8, 4) is 0 Å². The first kappa shape index (κ1) is 23.2. The fourth-order valence-corrected chi connectivity index (χ4v) is 5.88. The van der Waals surface area contributed by atoms with E-state index in [0.29, 0.717) is 31.0 Å². The van der Waals surface area contributed by atoms with E-state index in [1.165, 1.54) is 4.52 Å². The summed E-state index contributed by atoms with van der Waals surface area (Å²) in [7, 11) is -3.96. The Labute approximate surface area is 203 Å². The third kappa shape index (κ3) is 4.01. The number of carbonyl (C=O) groups is 1. The van der Waals surface area contributed by atoms with E-state index in [0.717, 1.165) is 29.4 Å². The van der Waals surface area contributed by atoms with Gasteiger partial charge in [-0.2, -0.15) is 4.52 Å². The molecule has 3 heterocycles. The van der Waals surface area contributed by atoms with Crippen molar-refractivity contribution in [3.05, 3.63) is 53.6 Å². The van der Waals surface area contributed by atoms with Gasteiger partial charge in [0.2, 0.25) is 14.9 Å². The zero-order chi connectivity index (χ0) is 24.7. The summed E-state index contributed by atoms with van der Waals surface area (Å²) in [5.41, 5.74) is 2.74. The summed E-state index contributed by atoms with van der Waals surface area (Å²) in [6, 6.07) is 12.6. The lowest BCUT2D eigenvalue weighted by Crippen LogP contribution is -2.40. The number of ether oxygens (including phenoxy) is 1. The molecule has 1 aliphatic heterocycles. The van der Waals surface area contributed by atoms with Crippen molar-refractivity contribution in [3.63, 3.8) is 0 Å². The molecule has 0 spiro atoms. The lowest BCUT2D eigenvalue weighted by molar-refractivity contribution is -0.148. The van der Waals surface area contributed by atoms with Gasteiger partial charge in [-0.3, -0.25) is 4.79 Å². The molecule has 4 aromatic rings. The summed E-state index contributed by atoms with van der Waals surface area (Å²) < 4.78 is 33.9. The summed E-state index contributed by atoms with van der Waals surface area (Å²) in [6.07, 6.45) is 1.55. The number of nitrogens with zero attached hydrogens (tertiary/aromatic N) is 5. The number of esters is 1. The molecule has 1 aliphatic rings. The molecule has 0 saturated carbocycles. The highest BCUT2D eigenvalue weighted by Gasteiger charge is 2.31. The number of para-hydroxylation sites is 1. The van der Waals surface area contributed by atoms with E-state index < -0.39 is 9.84 Å². The van der Waals surface area contributed by atoms with Crippen LogP contribution < -0.4 is 4.90 Å². The lowest BCUT2D eigenvalue weighted by atomic mass is 9.98. The van der Waals surface area contributed by atoms with Crippen LogP contribution in [0, 0.1) is 19.8 Å². The van der Waals surface area contributed by atoms with E-state index in [2.05, 4.69) is 10.3 Å². The van der Waals surface area contributed by atoms with Crippen molar-refractivity contribution < 1.29 is 17.9 Å². The van der Waals surface area contributed by atoms with E-state index in [9.17, 15) is 13.2 Å². The molecule has 1 atom stereocenters. The molecule has 10 heteroatoms. The number of hydrogen-bond donors (Lipinski definition) is 0. The molecule has 0 bridgehead atoms. The molecule has 5 rings (SSSR count). The second kappa shape index (κ2) is 8.92. The standard InChI is InChI=1S/C25H27N5O4S/c1-4-34-25(31)18-8-7-13-29(15-18)22-20-9-5-6-10-21(20)30-23(26-22)24(27-28-30)35(32,33)19-12-11-16(2)17(3)14-19/h5-6,9-12,14,18H,4,7-8,13,15H2,1-3H3. The van der Waals surface area contributed by atoms with E-state index in [-0.39, 0.29) is 27.5 Å². The predicted molar refractivity (Wildman–Crippen MR) is 131 cm³/mol. The summed E-state index contributed by atoms with van der Waals surface area (Å²) in [5, 5.41) is 8.86. The molecule has 182 valence electrons. The SMILES string of the molecule is CCOC(=O)C1CCCN(c2nc3c(S(=O)(=O)c4ccc(C)c(C)c4)nnn3c3ccccc23)C1. The van der Waals surface area contributed by atoms with Gasteiger partial charge in [0.15, 0.2) is 5.65 Å². The number of aryl methyl sites for hydroxylation is 2. The molecular weight excluding hydrogens is 466 g/mol. The number of fused-ring (bicyclic) bond motifs is 3. The third-order valence-corrected chi connectivity index (χ3v) is 8.23. The number of rotatable bonds is 5. The highest BCUT2D eigenvalue weighted by molar-refractivity contribution is 7.91. The van der Waals surface area contributed by atoms with Crippen molar-refractivity contribution >= 4 is 38.2 Å². The van der Waals surface area contributed by atoms with Crippen LogP contribution in [0.2, 0.25) is 0 Å². The van der Waals surface area contributed by atoms with Gasteiger partial charge in [-0.15, -0.1) is 5.10 Å². The fourth-order valence-electron chi connectivity index (χ4n) is 4.56. The Morgan fingerprint density at radius 2 is 1.94 bits per heavy atom. The maximum atomic E-state index is 13.6. The number of benzene rings is 2. The maximum Gasteiger partial charge on any atom is 0.310 e. The highest BCUT2D eigenvalue weighted by atomic mass is 32.2. The smallest absolute Gasteiger partial charge is 0.310 e. The Hall–Kier alpha value is -3.53. The van der Waals surface area contributed by atoms with Crippen molar-refractivity contribution in [2.24, 2.45) is 5.92 Å². The first-order valence-electron chi connectivity index (χ1n) is 11.7. The van der Waals surface area contributed by atoms with Gasteiger partial charge in [-0.1, -0.05) is 23.4 Å². The quantitative estimate of drug-likeness (QED) is 0.389. The molecule has 0 aliphatic carbocycles. The average molecular weight is 494 g/mol. The van der Waals surface area contributed by atoms with E-state index in [1.807, 2.05) is 43.0 Å². The summed E-state index contributed by atoms with van der Waals surface area (Å²) in [5.74, 6) is 0.134. The molecule has 1 unspecified atom stereocenters. The van der Waals surface area contributed by atoms with E-state index in [1.54, 1.807) is 25.1 Å². The third-order valence-electron chi connectivity index (χ3n) is 6.59. The number of aromatic nitrogens is 4. The predicted octanol–water partition coefficient (Wildman–Crippen LogP) is 3.51. The lowest BCUT2D eigenvalue weighted by Gasteiger charge is -2.33. The Balaban J connectivity index is 1.66. The van der Waals surface area contributed by atoms with Gasteiger partial charge < -0.3 is 9.64 Å². The Morgan fingerprint density at radius 1 is 1.14 bits per heavy atom. The minimum Gasteiger partial charge on any atom is -0.466 e. The second-order valence-electron chi connectivity index (χ2n) is 8.87. The molecule has 0 radical (unpaired) electrons. The highest BCUT2D eigenvalue weighted by Crippen LogP contribution is 2.32. The number of carbonyl (C=O) groups excluding carboxylic acids is 1. The average Bonchev–Trinajstić information content (AvgIpc) is 3.30. The Bertz CT molecular complexity index is 1550. The maximum absolute atomic E-state index is 13.6. The van der Waals surface area contributed by atoms with Crippen LogP contribution in [-0.4, -0.2) is 53.9 Å². The molecule has 2 aromatic carbocycles. The van der Waals surface area contributed by atoms with Crippen molar-refractivity contribution in [2.75, 3.05) is 24.6 Å². The number of hydrogen-bond acceptors (Lipinski definition) is 8. The first-order chi connectivity index (χ1) is 16.8. The van der Waals surface area contributed by atoms with Crippen LogP contribution in [0.3, 0.4) is 0 Å². The minimum absolute atomic E-state index is 0.153. The molecule has 0 amide bonds. The Morgan fingerprint density at radius 3 is 2.71 bits per heavy atom. The molecule has 9 nitrogen and oxygen atoms in total. The van der Waals surface area contributed by atoms with Gasteiger partial charge in [-0.05, 0) is 69.0 Å².